The number of unbranched alkanes of at least 4 members (excludes halogenated alkanes) is 2. The number of carbonyl (C=O) groups excluding carboxylic acids is 2. The Morgan fingerprint density at radius 1 is 1.18 bits per heavy atom. The van der Waals surface area contributed by atoms with Crippen LogP contribution in [0.25, 0.3) is 0 Å². The van der Waals surface area contributed by atoms with Gasteiger partial charge >= 0.3 is 6.03 Å². The molecule has 7 nitrogen and oxygen atoms in total. The summed E-state index contributed by atoms with van der Waals surface area (Å²) in [6.07, 6.45) is 9.50. The molecule has 0 saturated carbocycles. The van der Waals surface area contributed by atoms with Crippen LogP contribution in [0.5, 0.6) is 0 Å². The first-order valence-corrected chi connectivity index (χ1v) is 12.3. The molecular formula is C26H45N5O2. The molecule has 0 radical (unpaired) electrons. The fraction of sp³-hybridized carbons (Fsp3) is 0.654. The molecule has 0 aliphatic carbocycles. The normalized spacial score (nSPS) is 16.2. The topological polar surface area (TPSA) is 85.8 Å². The molecule has 0 aromatic carbocycles. The van der Waals surface area contributed by atoms with Crippen molar-refractivity contribution in [2.45, 2.75) is 85.6 Å². The summed E-state index contributed by atoms with van der Waals surface area (Å²) in [4.78, 5) is 30.4. The number of nitrogens with zero attached hydrogens (tertiary/aromatic N) is 2. The third-order valence-electron chi connectivity index (χ3n) is 6.01. The molecule has 0 aromatic rings. The van der Waals surface area contributed by atoms with Gasteiger partial charge in [-0.05, 0) is 59.4 Å². The van der Waals surface area contributed by atoms with E-state index >= 15 is 0 Å². The van der Waals surface area contributed by atoms with Crippen LogP contribution in [0.1, 0.15) is 79.6 Å². The summed E-state index contributed by atoms with van der Waals surface area (Å²) < 4.78 is 0. The van der Waals surface area contributed by atoms with Gasteiger partial charge in [0.05, 0.1) is 0 Å². The molecule has 7 heteroatoms. The second-order valence-corrected chi connectivity index (χ2v) is 9.04. The van der Waals surface area contributed by atoms with Gasteiger partial charge in [0, 0.05) is 25.8 Å². The van der Waals surface area contributed by atoms with Crippen molar-refractivity contribution in [3.8, 4) is 0 Å². The van der Waals surface area contributed by atoms with Crippen molar-refractivity contribution in [2.24, 2.45) is 4.99 Å². The van der Waals surface area contributed by atoms with Crippen molar-refractivity contribution >= 4 is 17.8 Å². The maximum atomic E-state index is 12.5. The highest BCUT2D eigenvalue weighted by Crippen LogP contribution is 2.14. The van der Waals surface area contributed by atoms with E-state index in [0.717, 1.165) is 50.9 Å². The van der Waals surface area contributed by atoms with Crippen molar-refractivity contribution in [2.75, 3.05) is 26.7 Å². The molecule has 1 aliphatic heterocycles. The number of carbonyl (C=O) groups is 2. The van der Waals surface area contributed by atoms with Crippen LogP contribution in [0.15, 0.2) is 40.1 Å². The van der Waals surface area contributed by atoms with Crippen LogP contribution in [0, 0.1) is 0 Å². The Morgan fingerprint density at radius 3 is 2.55 bits per heavy atom. The lowest BCUT2D eigenvalue weighted by Gasteiger charge is -2.31. The van der Waals surface area contributed by atoms with E-state index in [1.807, 2.05) is 11.9 Å². The highest BCUT2D eigenvalue weighted by atomic mass is 16.2. The third-order valence-corrected chi connectivity index (χ3v) is 6.01. The maximum absolute atomic E-state index is 12.5. The summed E-state index contributed by atoms with van der Waals surface area (Å²) in [6, 6.07) is -1.33. The van der Waals surface area contributed by atoms with E-state index in [1.165, 1.54) is 29.6 Å². The van der Waals surface area contributed by atoms with Crippen LogP contribution >= 0.6 is 0 Å². The molecule has 0 spiro atoms. The molecule has 33 heavy (non-hydrogen) atoms. The van der Waals surface area contributed by atoms with E-state index in [1.54, 1.807) is 0 Å². The Hall–Kier alpha value is -2.41. The van der Waals surface area contributed by atoms with Crippen LogP contribution in [-0.4, -0.2) is 55.4 Å². The quantitative estimate of drug-likeness (QED) is 0.244. The highest BCUT2D eigenvalue weighted by molar-refractivity contribution is 6.18. The minimum Gasteiger partial charge on any atom is -0.371 e. The van der Waals surface area contributed by atoms with Crippen molar-refractivity contribution < 1.29 is 9.59 Å². The van der Waals surface area contributed by atoms with E-state index in [2.05, 4.69) is 68.2 Å². The van der Waals surface area contributed by atoms with Crippen molar-refractivity contribution in [1.29, 1.82) is 0 Å². The van der Waals surface area contributed by atoms with Crippen LogP contribution in [-0.2, 0) is 4.79 Å². The lowest BCUT2D eigenvalue weighted by Crippen LogP contribution is -2.58. The zero-order valence-corrected chi connectivity index (χ0v) is 21.6. The molecule has 0 bridgehead atoms. The van der Waals surface area contributed by atoms with Gasteiger partial charge in [0.1, 0.15) is 5.84 Å². The number of likely N-dealkylation sites (N-methyl/N-ethyl adjacent to an activating group) is 1. The smallest absolute Gasteiger partial charge is 0.349 e. The Balaban J connectivity index is 2.59. The first-order chi connectivity index (χ1) is 15.7. The molecule has 3 N–H and O–H groups in total. The summed E-state index contributed by atoms with van der Waals surface area (Å²) in [5.74, 6) is 0.0532. The van der Waals surface area contributed by atoms with Crippen molar-refractivity contribution in [3.63, 3.8) is 0 Å². The number of amidine groups is 1. The van der Waals surface area contributed by atoms with Gasteiger partial charge in [-0.25, -0.2) is 4.79 Å². The molecule has 3 amide bonds. The summed E-state index contributed by atoms with van der Waals surface area (Å²) in [7, 11) is 1.87. The minimum atomic E-state index is -0.714. The first-order valence-electron chi connectivity index (χ1n) is 12.3. The van der Waals surface area contributed by atoms with E-state index in [-0.39, 0.29) is 5.91 Å². The molecule has 1 unspecified atom stereocenters. The molecule has 0 fully saturated rings. The molecule has 1 aliphatic rings. The van der Waals surface area contributed by atoms with Crippen LogP contribution in [0.2, 0.25) is 0 Å². The number of hydrogen-bond acceptors (Lipinski definition) is 5. The summed E-state index contributed by atoms with van der Waals surface area (Å²) in [6.45, 7) is 17.2. The summed E-state index contributed by atoms with van der Waals surface area (Å²) >= 11 is 0. The van der Waals surface area contributed by atoms with Gasteiger partial charge in [-0.15, -0.1) is 0 Å². The molecule has 0 aromatic heterocycles. The molecule has 0 saturated heterocycles. The van der Waals surface area contributed by atoms with Crippen molar-refractivity contribution in [1.82, 2.24) is 20.9 Å². The lowest BCUT2D eigenvalue weighted by atomic mass is 10.1. The number of urea groups is 1. The van der Waals surface area contributed by atoms with E-state index in [4.69, 9.17) is 0 Å². The van der Waals surface area contributed by atoms with Crippen LogP contribution in [0.4, 0.5) is 4.79 Å². The van der Waals surface area contributed by atoms with E-state index in [9.17, 15) is 9.59 Å². The Bertz CT molecular complexity index is 763. The summed E-state index contributed by atoms with van der Waals surface area (Å²) in [5, 5.41) is 8.99. The predicted molar refractivity (Wildman–Crippen MR) is 138 cm³/mol. The van der Waals surface area contributed by atoms with Gasteiger partial charge in [0.2, 0.25) is 0 Å². The van der Waals surface area contributed by atoms with Gasteiger partial charge in [0.25, 0.3) is 5.91 Å². The number of hydrogen-bond donors (Lipinski definition) is 3. The predicted octanol–water partition coefficient (Wildman–Crippen LogP) is 4.68. The SMILES string of the molecule is C=C(CCC(C)=C(C)C)NC1C(=O)NC(=O)N=C1N(C)CCCNC/C(=C/CCCC)CC. The average molecular weight is 460 g/mol. The van der Waals surface area contributed by atoms with Gasteiger partial charge in [-0.3, -0.25) is 10.1 Å². The third kappa shape index (κ3) is 10.8. The van der Waals surface area contributed by atoms with E-state index < -0.39 is 12.1 Å². The van der Waals surface area contributed by atoms with Gasteiger partial charge in [-0.2, -0.15) is 4.99 Å². The average Bonchev–Trinajstić information content (AvgIpc) is 2.77. The van der Waals surface area contributed by atoms with Crippen LogP contribution in [0.3, 0.4) is 0 Å². The maximum Gasteiger partial charge on any atom is 0.349 e. The minimum absolute atomic E-state index is 0.389. The Kier molecular flexibility index (Phi) is 13.4. The second-order valence-electron chi connectivity index (χ2n) is 9.04. The monoisotopic (exact) mass is 459 g/mol. The molecule has 1 heterocycles. The highest BCUT2D eigenvalue weighted by Gasteiger charge is 2.33. The zero-order valence-electron chi connectivity index (χ0n) is 21.6. The standard InChI is InChI=1S/C26H45N5O2/c1-8-10-11-13-22(9-2)18-27-16-12-17-31(7)24-23(25(32)30-26(33)29-24)28-21(6)15-14-20(5)19(3)4/h13,23,27-28H,6,8-12,14-18H2,1-5,7H3,(H,30,32,33)/b22-13+. The van der Waals surface area contributed by atoms with Gasteiger partial charge < -0.3 is 15.5 Å². The van der Waals surface area contributed by atoms with Gasteiger partial charge in [-0.1, -0.05) is 56.1 Å². The van der Waals surface area contributed by atoms with E-state index in [0.29, 0.717) is 12.4 Å². The Labute approximate surface area is 200 Å². The number of rotatable bonds is 15. The van der Waals surface area contributed by atoms with Gasteiger partial charge in [0.15, 0.2) is 6.04 Å². The van der Waals surface area contributed by atoms with Crippen LogP contribution < -0.4 is 16.0 Å². The fourth-order valence-corrected chi connectivity index (χ4v) is 3.45. The largest absolute Gasteiger partial charge is 0.371 e. The Morgan fingerprint density at radius 2 is 1.91 bits per heavy atom. The lowest BCUT2D eigenvalue weighted by molar-refractivity contribution is -0.120. The number of imide groups is 1. The number of aliphatic imine (C=N–C) groups is 1. The molecular weight excluding hydrogens is 414 g/mol. The second kappa shape index (κ2) is 15.4. The summed E-state index contributed by atoms with van der Waals surface area (Å²) in [5.41, 5.74) is 4.81. The molecule has 1 atom stereocenters. The number of nitrogens with one attached hydrogen (secondary N) is 3. The first kappa shape index (κ1) is 28.6. The zero-order chi connectivity index (χ0) is 24.8. The number of amides is 3. The number of allylic oxidation sites excluding steroid dienone is 4. The molecule has 1 rings (SSSR count). The van der Waals surface area contributed by atoms with Crippen molar-refractivity contribution in [3.05, 3.63) is 35.1 Å². The fourth-order valence-electron chi connectivity index (χ4n) is 3.45. The molecule has 186 valence electrons.